The van der Waals surface area contributed by atoms with Gasteiger partial charge in [-0.15, -0.1) is 0 Å². The number of aliphatic hydroxyl groups is 1. The summed E-state index contributed by atoms with van der Waals surface area (Å²) in [6, 6.07) is 7.27. The van der Waals surface area contributed by atoms with E-state index < -0.39 is 12.2 Å². The summed E-state index contributed by atoms with van der Waals surface area (Å²) in [5.41, 5.74) is 0.856. The van der Waals surface area contributed by atoms with Crippen molar-refractivity contribution in [2.75, 3.05) is 0 Å². The van der Waals surface area contributed by atoms with Gasteiger partial charge in [-0.05, 0) is 44.9 Å². The molecule has 0 fully saturated rings. The molecule has 4 nitrogen and oxygen atoms in total. The first-order valence-electron chi connectivity index (χ1n) is 6.69. The molecule has 0 saturated carbocycles. The topological polar surface area (TPSA) is 58.6 Å². The van der Waals surface area contributed by atoms with Gasteiger partial charge in [0, 0.05) is 6.04 Å². The molecule has 2 atom stereocenters. The molecule has 0 aromatic heterocycles. The van der Waals surface area contributed by atoms with Crippen LogP contribution in [-0.4, -0.2) is 23.2 Å². The molecular formula is C15H23NO3. The summed E-state index contributed by atoms with van der Waals surface area (Å²) in [6.45, 7) is 7.46. The summed E-state index contributed by atoms with van der Waals surface area (Å²) in [4.78, 5) is 11.7. The number of nitrogens with one attached hydrogen (secondary N) is 1. The second kappa shape index (κ2) is 7.14. The standard InChI is InChI=1S/C15H23NO3/c1-5-14(17)12-6-8-13(9-7-12)19-11(4)15(18)16-10(2)3/h6-11,14,17H,5H2,1-4H3,(H,16,18). The molecule has 2 unspecified atom stereocenters. The fraction of sp³-hybridized carbons (Fsp3) is 0.533. The lowest BCUT2D eigenvalue weighted by Crippen LogP contribution is -2.40. The van der Waals surface area contributed by atoms with Gasteiger partial charge in [-0.3, -0.25) is 4.79 Å². The van der Waals surface area contributed by atoms with Crippen LogP contribution in [0.15, 0.2) is 24.3 Å². The third-order valence-corrected chi connectivity index (χ3v) is 2.76. The van der Waals surface area contributed by atoms with Crippen molar-refractivity contribution < 1.29 is 14.6 Å². The predicted octanol–water partition coefficient (Wildman–Crippen LogP) is 2.42. The molecule has 1 aromatic carbocycles. The zero-order valence-electron chi connectivity index (χ0n) is 12.0. The third-order valence-electron chi connectivity index (χ3n) is 2.76. The number of hydrogen-bond donors (Lipinski definition) is 2. The van der Waals surface area contributed by atoms with E-state index in [1.807, 2.05) is 32.9 Å². The highest BCUT2D eigenvalue weighted by molar-refractivity contribution is 5.80. The Morgan fingerprint density at radius 1 is 1.26 bits per heavy atom. The Hall–Kier alpha value is -1.55. The Balaban J connectivity index is 2.60. The van der Waals surface area contributed by atoms with E-state index in [-0.39, 0.29) is 11.9 Å². The van der Waals surface area contributed by atoms with Crippen molar-refractivity contribution in [3.63, 3.8) is 0 Å². The van der Waals surface area contributed by atoms with Crippen LogP contribution in [0.2, 0.25) is 0 Å². The van der Waals surface area contributed by atoms with E-state index in [0.717, 1.165) is 5.56 Å². The Labute approximate surface area is 114 Å². The molecule has 0 radical (unpaired) electrons. The van der Waals surface area contributed by atoms with E-state index in [2.05, 4.69) is 5.32 Å². The first-order chi connectivity index (χ1) is 8.93. The summed E-state index contributed by atoms with van der Waals surface area (Å²) in [5.74, 6) is 0.492. The lowest BCUT2D eigenvalue weighted by molar-refractivity contribution is -0.127. The van der Waals surface area contributed by atoms with E-state index >= 15 is 0 Å². The van der Waals surface area contributed by atoms with Crippen LogP contribution < -0.4 is 10.1 Å². The molecule has 1 rings (SSSR count). The van der Waals surface area contributed by atoms with Crippen molar-refractivity contribution in [2.45, 2.75) is 52.4 Å². The maximum absolute atomic E-state index is 11.7. The van der Waals surface area contributed by atoms with E-state index in [4.69, 9.17) is 4.74 Å². The molecule has 106 valence electrons. The van der Waals surface area contributed by atoms with Crippen molar-refractivity contribution in [3.05, 3.63) is 29.8 Å². The average Bonchev–Trinajstić information content (AvgIpc) is 2.37. The molecule has 0 saturated heterocycles. The molecule has 4 heteroatoms. The lowest BCUT2D eigenvalue weighted by Gasteiger charge is -2.17. The van der Waals surface area contributed by atoms with Gasteiger partial charge in [0.15, 0.2) is 6.10 Å². The van der Waals surface area contributed by atoms with Gasteiger partial charge in [-0.1, -0.05) is 19.1 Å². The van der Waals surface area contributed by atoms with Gasteiger partial charge in [0.1, 0.15) is 5.75 Å². The number of aliphatic hydroxyl groups excluding tert-OH is 1. The molecule has 1 amide bonds. The first-order valence-corrected chi connectivity index (χ1v) is 6.69. The molecule has 19 heavy (non-hydrogen) atoms. The van der Waals surface area contributed by atoms with E-state index in [1.165, 1.54) is 0 Å². The Morgan fingerprint density at radius 2 is 1.84 bits per heavy atom. The van der Waals surface area contributed by atoms with Crippen LogP contribution in [0.4, 0.5) is 0 Å². The average molecular weight is 265 g/mol. The predicted molar refractivity (Wildman–Crippen MR) is 75.1 cm³/mol. The number of benzene rings is 1. The molecular weight excluding hydrogens is 242 g/mol. The fourth-order valence-electron chi connectivity index (χ4n) is 1.66. The second-order valence-corrected chi connectivity index (χ2v) is 4.92. The number of hydrogen-bond acceptors (Lipinski definition) is 3. The van der Waals surface area contributed by atoms with Crippen molar-refractivity contribution in [3.8, 4) is 5.75 Å². The third kappa shape index (κ3) is 4.91. The zero-order chi connectivity index (χ0) is 14.4. The molecule has 0 bridgehead atoms. The minimum Gasteiger partial charge on any atom is -0.481 e. The van der Waals surface area contributed by atoms with Gasteiger partial charge in [0.05, 0.1) is 6.10 Å². The van der Waals surface area contributed by atoms with Crippen molar-refractivity contribution >= 4 is 5.91 Å². The van der Waals surface area contributed by atoms with Gasteiger partial charge < -0.3 is 15.2 Å². The molecule has 1 aromatic rings. The van der Waals surface area contributed by atoms with Crippen molar-refractivity contribution in [2.24, 2.45) is 0 Å². The Kier molecular flexibility index (Phi) is 5.83. The SMILES string of the molecule is CCC(O)c1ccc(OC(C)C(=O)NC(C)C)cc1. The lowest BCUT2D eigenvalue weighted by atomic mass is 10.1. The van der Waals surface area contributed by atoms with E-state index in [0.29, 0.717) is 12.2 Å². The Bertz CT molecular complexity index is 400. The number of carbonyl (C=O) groups excluding carboxylic acids is 1. The highest BCUT2D eigenvalue weighted by atomic mass is 16.5. The van der Waals surface area contributed by atoms with Gasteiger partial charge in [-0.25, -0.2) is 0 Å². The summed E-state index contributed by atoms with van der Waals surface area (Å²) in [5, 5.41) is 12.5. The van der Waals surface area contributed by atoms with Gasteiger partial charge >= 0.3 is 0 Å². The van der Waals surface area contributed by atoms with Gasteiger partial charge in [0.2, 0.25) is 0 Å². The maximum Gasteiger partial charge on any atom is 0.260 e. The minimum atomic E-state index is -0.538. The van der Waals surface area contributed by atoms with Crippen LogP contribution in [0.5, 0.6) is 5.75 Å². The summed E-state index contributed by atoms with van der Waals surface area (Å²) in [7, 11) is 0. The maximum atomic E-state index is 11.7. The van der Waals surface area contributed by atoms with Crippen molar-refractivity contribution in [1.82, 2.24) is 5.32 Å². The largest absolute Gasteiger partial charge is 0.481 e. The minimum absolute atomic E-state index is 0.0978. The number of ether oxygens (including phenoxy) is 1. The van der Waals surface area contributed by atoms with E-state index in [9.17, 15) is 9.90 Å². The molecule has 2 N–H and O–H groups in total. The first kappa shape index (κ1) is 15.5. The molecule has 0 spiro atoms. The summed E-state index contributed by atoms with van der Waals surface area (Å²) >= 11 is 0. The second-order valence-electron chi connectivity index (χ2n) is 4.92. The van der Waals surface area contributed by atoms with Crippen molar-refractivity contribution in [1.29, 1.82) is 0 Å². The Morgan fingerprint density at radius 3 is 2.32 bits per heavy atom. The number of carbonyl (C=O) groups is 1. The highest BCUT2D eigenvalue weighted by Gasteiger charge is 2.15. The van der Waals surface area contributed by atoms with Crippen LogP contribution >= 0.6 is 0 Å². The van der Waals surface area contributed by atoms with Crippen LogP contribution in [-0.2, 0) is 4.79 Å². The quantitative estimate of drug-likeness (QED) is 0.830. The van der Waals surface area contributed by atoms with Crippen LogP contribution in [0.25, 0.3) is 0 Å². The molecule has 0 aliphatic carbocycles. The van der Waals surface area contributed by atoms with Crippen LogP contribution in [0.3, 0.4) is 0 Å². The monoisotopic (exact) mass is 265 g/mol. The highest BCUT2D eigenvalue weighted by Crippen LogP contribution is 2.20. The summed E-state index contributed by atoms with van der Waals surface area (Å²) < 4.78 is 5.55. The van der Waals surface area contributed by atoms with Crippen LogP contribution in [0.1, 0.15) is 45.8 Å². The molecule has 0 heterocycles. The number of amides is 1. The van der Waals surface area contributed by atoms with Crippen LogP contribution in [0, 0.1) is 0 Å². The number of rotatable bonds is 6. The smallest absolute Gasteiger partial charge is 0.260 e. The summed E-state index contributed by atoms with van der Waals surface area (Å²) in [6.07, 6.45) is -0.312. The van der Waals surface area contributed by atoms with E-state index in [1.54, 1.807) is 19.1 Å². The normalized spacial score (nSPS) is 14.0. The van der Waals surface area contributed by atoms with Gasteiger partial charge in [0.25, 0.3) is 5.91 Å². The fourth-order valence-corrected chi connectivity index (χ4v) is 1.66. The zero-order valence-corrected chi connectivity index (χ0v) is 12.0. The molecule has 0 aliphatic heterocycles. The van der Waals surface area contributed by atoms with Gasteiger partial charge in [-0.2, -0.15) is 0 Å². The molecule has 0 aliphatic rings.